The van der Waals surface area contributed by atoms with Crippen LogP contribution >= 0.6 is 11.3 Å². The largest absolute Gasteiger partial charge is 0.346 e. The predicted octanol–water partition coefficient (Wildman–Crippen LogP) is 2.07. The highest BCUT2D eigenvalue weighted by molar-refractivity contribution is 7.22. The molecule has 0 aliphatic heterocycles. The number of nitrogens with zero attached hydrogens (tertiary/aromatic N) is 1. The van der Waals surface area contributed by atoms with E-state index in [4.69, 9.17) is 5.73 Å². The number of nitrogens with one attached hydrogen (secondary N) is 3. The fraction of sp³-hybridized carbons (Fsp3) is 0.444. The lowest BCUT2D eigenvalue weighted by Crippen LogP contribution is -2.46. The topological polar surface area (TPSA) is 126 Å². The van der Waals surface area contributed by atoms with Gasteiger partial charge in [-0.2, -0.15) is 0 Å². The fourth-order valence-electron chi connectivity index (χ4n) is 2.26. The summed E-state index contributed by atoms with van der Waals surface area (Å²) in [4.78, 5) is 39.9. The quantitative estimate of drug-likeness (QED) is 0.548. The Hall–Kier alpha value is -2.52. The SMILES string of the molecule is CCCC(=O)Nc1nc2ccc(NC(=O)CNC(=O)[C@@H](N)C(C)C)cc2s1. The minimum absolute atomic E-state index is 0.00573. The molecule has 0 fully saturated rings. The molecule has 146 valence electrons. The van der Waals surface area contributed by atoms with Gasteiger partial charge in [0, 0.05) is 12.1 Å². The van der Waals surface area contributed by atoms with E-state index in [9.17, 15) is 14.4 Å². The second-order valence-electron chi connectivity index (χ2n) is 6.54. The summed E-state index contributed by atoms with van der Waals surface area (Å²) in [6, 6.07) is 4.62. The van der Waals surface area contributed by atoms with E-state index >= 15 is 0 Å². The molecule has 2 rings (SSSR count). The number of carbonyl (C=O) groups is 3. The third-order valence-corrected chi connectivity index (χ3v) is 4.77. The van der Waals surface area contributed by atoms with Crippen LogP contribution in [0.4, 0.5) is 10.8 Å². The molecule has 3 amide bonds. The molecule has 2 aromatic rings. The van der Waals surface area contributed by atoms with Crippen LogP contribution in [0.25, 0.3) is 10.2 Å². The Balaban J connectivity index is 1.95. The number of fused-ring (bicyclic) bond motifs is 1. The second kappa shape index (κ2) is 9.43. The van der Waals surface area contributed by atoms with Crippen LogP contribution in [0, 0.1) is 5.92 Å². The molecule has 0 bridgehead atoms. The van der Waals surface area contributed by atoms with E-state index in [-0.39, 0.29) is 30.2 Å². The molecule has 0 spiro atoms. The number of hydrogen-bond donors (Lipinski definition) is 4. The summed E-state index contributed by atoms with van der Waals surface area (Å²) in [5.74, 6) is -0.778. The molecular formula is C18H25N5O3S. The van der Waals surface area contributed by atoms with Crippen molar-refractivity contribution < 1.29 is 14.4 Å². The number of amides is 3. The number of carbonyl (C=O) groups excluding carboxylic acids is 3. The maximum absolute atomic E-state index is 12.0. The first-order valence-electron chi connectivity index (χ1n) is 8.83. The van der Waals surface area contributed by atoms with Crippen molar-refractivity contribution in [3.8, 4) is 0 Å². The van der Waals surface area contributed by atoms with Gasteiger partial charge in [0.2, 0.25) is 17.7 Å². The van der Waals surface area contributed by atoms with Crippen LogP contribution in [0.2, 0.25) is 0 Å². The average molecular weight is 391 g/mol. The van der Waals surface area contributed by atoms with Crippen LogP contribution in [-0.2, 0) is 14.4 Å². The first-order valence-corrected chi connectivity index (χ1v) is 9.65. The van der Waals surface area contributed by atoms with Crippen molar-refractivity contribution in [3.05, 3.63) is 18.2 Å². The van der Waals surface area contributed by atoms with E-state index in [1.165, 1.54) is 11.3 Å². The standard InChI is InChI=1S/C18H25N5O3S/c1-4-5-14(24)23-18-22-12-7-6-11(8-13(12)27-18)21-15(25)9-20-17(26)16(19)10(2)3/h6-8,10,16H,4-5,9,19H2,1-3H3,(H,20,26)(H,21,25)(H,22,23,24)/t16-/m0/s1. The molecule has 1 heterocycles. The summed E-state index contributed by atoms with van der Waals surface area (Å²) in [5, 5.41) is 8.55. The summed E-state index contributed by atoms with van der Waals surface area (Å²) in [7, 11) is 0. The number of nitrogens with two attached hydrogens (primary N) is 1. The Morgan fingerprint density at radius 1 is 1.19 bits per heavy atom. The summed E-state index contributed by atoms with van der Waals surface area (Å²) in [6.45, 7) is 5.46. The van der Waals surface area contributed by atoms with Gasteiger partial charge in [-0.1, -0.05) is 32.1 Å². The van der Waals surface area contributed by atoms with Crippen molar-refractivity contribution >= 4 is 50.1 Å². The van der Waals surface area contributed by atoms with Crippen LogP contribution in [-0.4, -0.2) is 35.3 Å². The summed E-state index contributed by atoms with van der Waals surface area (Å²) < 4.78 is 0.838. The van der Waals surface area contributed by atoms with Gasteiger partial charge in [0.1, 0.15) is 0 Å². The minimum Gasteiger partial charge on any atom is -0.346 e. The number of benzene rings is 1. The Kier molecular flexibility index (Phi) is 7.26. The van der Waals surface area contributed by atoms with E-state index in [2.05, 4.69) is 20.9 Å². The highest BCUT2D eigenvalue weighted by atomic mass is 32.1. The first kappa shape index (κ1) is 20.8. The number of aromatic nitrogens is 1. The van der Waals surface area contributed by atoms with Crippen LogP contribution < -0.4 is 21.7 Å². The lowest BCUT2D eigenvalue weighted by atomic mass is 10.1. The Morgan fingerprint density at radius 3 is 2.59 bits per heavy atom. The van der Waals surface area contributed by atoms with Gasteiger partial charge in [0.15, 0.2) is 5.13 Å². The van der Waals surface area contributed by atoms with Crippen molar-refractivity contribution in [1.29, 1.82) is 0 Å². The van der Waals surface area contributed by atoms with Gasteiger partial charge < -0.3 is 21.7 Å². The van der Waals surface area contributed by atoms with Crippen LogP contribution in [0.1, 0.15) is 33.6 Å². The number of thiazole rings is 1. The highest BCUT2D eigenvalue weighted by Gasteiger charge is 2.17. The number of rotatable bonds is 8. The molecular weight excluding hydrogens is 366 g/mol. The first-order chi connectivity index (χ1) is 12.8. The molecule has 0 aliphatic carbocycles. The third kappa shape index (κ3) is 6.00. The van der Waals surface area contributed by atoms with E-state index in [0.29, 0.717) is 17.2 Å². The molecule has 0 saturated carbocycles. The van der Waals surface area contributed by atoms with Gasteiger partial charge in [0.05, 0.1) is 22.8 Å². The minimum atomic E-state index is -0.646. The van der Waals surface area contributed by atoms with Gasteiger partial charge in [-0.25, -0.2) is 4.98 Å². The van der Waals surface area contributed by atoms with Crippen molar-refractivity contribution in [2.45, 2.75) is 39.7 Å². The van der Waals surface area contributed by atoms with Crippen molar-refractivity contribution in [2.75, 3.05) is 17.2 Å². The summed E-state index contributed by atoms with van der Waals surface area (Å²) in [5.41, 5.74) is 7.06. The number of hydrogen-bond acceptors (Lipinski definition) is 6. The zero-order valence-electron chi connectivity index (χ0n) is 15.7. The monoisotopic (exact) mass is 391 g/mol. The molecule has 8 nitrogen and oxygen atoms in total. The molecule has 0 radical (unpaired) electrons. The summed E-state index contributed by atoms with van der Waals surface area (Å²) in [6.07, 6.45) is 1.22. The smallest absolute Gasteiger partial charge is 0.243 e. The van der Waals surface area contributed by atoms with Gasteiger partial charge in [0.25, 0.3) is 0 Å². The summed E-state index contributed by atoms with van der Waals surface area (Å²) >= 11 is 1.34. The van der Waals surface area contributed by atoms with Crippen LogP contribution in [0.5, 0.6) is 0 Å². The zero-order valence-corrected chi connectivity index (χ0v) is 16.5. The van der Waals surface area contributed by atoms with E-state index in [0.717, 1.165) is 16.6 Å². The molecule has 9 heteroatoms. The van der Waals surface area contributed by atoms with E-state index in [1.807, 2.05) is 20.8 Å². The van der Waals surface area contributed by atoms with Crippen LogP contribution in [0.15, 0.2) is 18.2 Å². The second-order valence-corrected chi connectivity index (χ2v) is 7.57. The molecule has 0 aliphatic rings. The van der Waals surface area contributed by atoms with Gasteiger partial charge in [-0.15, -0.1) is 0 Å². The number of anilines is 2. The van der Waals surface area contributed by atoms with Crippen molar-refractivity contribution in [1.82, 2.24) is 10.3 Å². The Bertz CT molecular complexity index is 834. The normalized spacial score (nSPS) is 12.0. The van der Waals surface area contributed by atoms with Crippen LogP contribution in [0.3, 0.4) is 0 Å². The molecule has 5 N–H and O–H groups in total. The Labute approximate surface area is 161 Å². The van der Waals surface area contributed by atoms with E-state index < -0.39 is 6.04 Å². The average Bonchev–Trinajstić information content (AvgIpc) is 3.00. The van der Waals surface area contributed by atoms with Crippen molar-refractivity contribution in [3.63, 3.8) is 0 Å². The van der Waals surface area contributed by atoms with Crippen molar-refractivity contribution in [2.24, 2.45) is 11.7 Å². The lowest BCUT2D eigenvalue weighted by Gasteiger charge is -2.15. The maximum Gasteiger partial charge on any atom is 0.243 e. The highest BCUT2D eigenvalue weighted by Crippen LogP contribution is 2.28. The van der Waals surface area contributed by atoms with E-state index in [1.54, 1.807) is 18.2 Å². The molecule has 1 atom stereocenters. The zero-order chi connectivity index (χ0) is 20.0. The predicted molar refractivity (Wildman–Crippen MR) is 108 cm³/mol. The molecule has 1 aromatic heterocycles. The maximum atomic E-state index is 12.0. The van der Waals surface area contributed by atoms with Gasteiger partial charge in [-0.3, -0.25) is 14.4 Å². The van der Waals surface area contributed by atoms with Gasteiger partial charge in [-0.05, 0) is 30.5 Å². The molecule has 1 aromatic carbocycles. The molecule has 27 heavy (non-hydrogen) atoms. The molecule has 0 unspecified atom stereocenters. The third-order valence-electron chi connectivity index (χ3n) is 3.84. The Morgan fingerprint density at radius 2 is 1.93 bits per heavy atom. The fourth-order valence-corrected chi connectivity index (χ4v) is 3.18. The molecule has 0 saturated heterocycles. The lowest BCUT2D eigenvalue weighted by molar-refractivity contribution is -0.125. The van der Waals surface area contributed by atoms with Gasteiger partial charge >= 0.3 is 0 Å².